The third kappa shape index (κ3) is 1.57. The zero-order valence-corrected chi connectivity index (χ0v) is 10.8. The lowest BCUT2D eigenvalue weighted by molar-refractivity contribution is -0.0860. The molecule has 0 spiro atoms. The Kier molecular flexibility index (Phi) is 3.05. The van der Waals surface area contributed by atoms with Crippen LogP contribution in [0.3, 0.4) is 0 Å². The molecule has 0 saturated carbocycles. The third-order valence-corrected chi connectivity index (χ3v) is 4.67. The van der Waals surface area contributed by atoms with Gasteiger partial charge in [0.2, 0.25) is 0 Å². The molecule has 3 heteroatoms. The van der Waals surface area contributed by atoms with Crippen LogP contribution >= 0.6 is 11.3 Å². The Hall–Kier alpha value is -0.850. The maximum Gasteiger partial charge on any atom is 0.0677 e. The van der Waals surface area contributed by atoms with Gasteiger partial charge in [0.05, 0.1) is 30.6 Å². The van der Waals surface area contributed by atoms with Crippen molar-refractivity contribution in [3.05, 3.63) is 21.9 Å². The minimum atomic E-state index is -0.0405. The van der Waals surface area contributed by atoms with E-state index in [1.54, 1.807) is 11.3 Å². The molecule has 0 radical (unpaired) electrons. The summed E-state index contributed by atoms with van der Waals surface area (Å²) in [5.74, 6) is 0.425. The van der Waals surface area contributed by atoms with E-state index in [2.05, 4.69) is 38.3 Å². The van der Waals surface area contributed by atoms with Crippen molar-refractivity contribution in [2.75, 3.05) is 13.2 Å². The van der Waals surface area contributed by atoms with Gasteiger partial charge in [-0.3, -0.25) is 0 Å². The summed E-state index contributed by atoms with van der Waals surface area (Å²) in [6.07, 6.45) is 0. The SMILES string of the molecule is Cc1ccsc1C1(C(C#N)C(C)C)COC1. The Morgan fingerprint density at radius 2 is 2.19 bits per heavy atom. The number of nitrogens with zero attached hydrogens (tertiary/aromatic N) is 1. The summed E-state index contributed by atoms with van der Waals surface area (Å²) in [7, 11) is 0. The van der Waals surface area contributed by atoms with Crippen molar-refractivity contribution in [1.29, 1.82) is 5.26 Å². The Labute approximate surface area is 101 Å². The van der Waals surface area contributed by atoms with Crippen LogP contribution in [0.15, 0.2) is 11.4 Å². The average molecular weight is 235 g/mol. The fourth-order valence-corrected chi connectivity index (χ4v) is 3.71. The van der Waals surface area contributed by atoms with Crippen molar-refractivity contribution in [2.24, 2.45) is 11.8 Å². The minimum Gasteiger partial charge on any atom is -0.379 e. The van der Waals surface area contributed by atoms with E-state index in [1.807, 2.05) is 0 Å². The smallest absolute Gasteiger partial charge is 0.0677 e. The van der Waals surface area contributed by atoms with Gasteiger partial charge < -0.3 is 4.74 Å². The number of aryl methyl sites for hydroxylation is 1. The first-order chi connectivity index (χ1) is 7.62. The third-order valence-electron chi connectivity index (χ3n) is 3.43. The van der Waals surface area contributed by atoms with E-state index < -0.39 is 0 Å². The molecule has 86 valence electrons. The lowest BCUT2D eigenvalue weighted by Crippen LogP contribution is -2.53. The molecule has 0 aliphatic carbocycles. The number of hydrogen-bond donors (Lipinski definition) is 0. The second kappa shape index (κ2) is 4.20. The Balaban J connectivity index is 2.41. The van der Waals surface area contributed by atoms with Crippen molar-refractivity contribution in [2.45, 2.75) is 26.2 Å². The lowest BCUT2D eigenvalue weighted by atomic mass is 9.67. The van der Waals surface area contributed by atoms with Gasteiger partial charge in [-0.15, -0.1) is 11.3 Å². The summed E-state index contributed by atoms with van der Waals surface area (Å²) in [5.41, 5.74) is 1.26. The van der Waals surface area contributed by atoms with Crippen molar-refractivity contribution in [3.8, 4) is 6.07 Å². The summed E-state index contributed by atoms with van der Waals surface area (Å²) in [6.45, 7) is 7.77. The maximum absolute atomic E-state index is 9.39. The molecule has 0 bridgehead atoms. The van der Waals surface area contributed by atoms with E-state index in [-0.39, 0.29) is 11.3 Å². The predicted octanol–water partition coefficient (Wildman–Crippen LogP) is 3.12. The van der Waals surface area contributed by atoms with Crippen molar-refractivity contribution in [1.82, 2.24) is 0 Å². The van der Waals surface area contributed by atoms with E-state index in [4.69, 9.17) is 4.74 Å². The second-order valence-corrected chi connectivity index (χ2v) is 5.85. The van der Waals surface area contributed by atoms with E-state index >= 15 is 0 Å². The molecule has 1 fully saturated rings. The summed E-state index contributed by atoms with van der Waals surface area (Å²) in [6, 6.07) is 4.62. The number of rotatable bonds is 3. The Bertz CT molecular complexity index is 412. The monoisotopic (exact) mass is 235 g/mol. The van der Waals surface area contributed by atoms with Gasteiger partial charge in [0.15, 0.2) is 0 Å². The van der Waals surface area contributed by atoms with Crippen molar-refractivity contribution < 1.29 is 4.74 Å². The summed E-state index contributed by atoms with van der Waals surface area (Å²) >= 11 is 1.76. The average Bonchev–Trinajstić information content (AvgIpc) is 2.57. The van der Waals surface area contributed by atoms with Crippen LogP contribution in [0.2, 0.25) is 0 Å². The molecule has 0 aromatic carbocycles. The van der Waals surface area contributed by atoms with E-state index in [1.165, 1.54) is 10.4 Å². The van der Waals surface area contributed by atoms with Gasteiger partial charge in [-0.05, 0) is 29.9 Å². The molecule has 16 heavy (non-hydrogen) atoms. The second-order valence-electron chi connectivity index (χ2n) is 4.93. The Morgan fingerprint density at radius 1 is 1.50 bits per heavy atom. The number of nitriles is 1. The van der Waals surface area contributed by atoms with Crippen LogP contribution in [-0.4, -0.2) is 13.2 Å². The predicted molar refractivity (Wildman–Crippen MR) is 65.5 cm³/mol. The number of thiophene rings is 1. The van der Waals surface area contributed by atoms with Gasteiger partial charge in [0.25, 0.3) is 0 Å². The molecule has 2 heterocycles. The molecule has 1 atom stereocenters. The summed E-state index contributed by atoms with van der Waals surface area (Å²) in [5, 5.41) is 11.5. The molecule has 1 unspecified atom stereocenters. The van der Waals surface area contributed by atoms with Crippen LogP contribution in [0.5, 0.6) is 0 Å². The molecule has 1 saturated heterocycles. The number of ether oxygens (including phenoxy) is 1. The van der Waals surface area contributed by atoms with Gasteiger partial charge >= 0.3 is 0 Å². The van der Waals surface area contributed by atoms with Gasteiger partial charge in [-0.2, -0.15) is 5.26 Å². The topological polar surface area (TPSA) is 33.0 Å². The molecule has 0 N–H and O–H groups in total. The Morgan fingerprint density at radius 3 is 2.50 bits per heavy atom. The molecule has 1 aromatic rings. The van der Waals surface area contributed by atoms with Crippen molar-refractivity contribution in [3.63, 3.8) is 0 Å². The van der Waals surface area contributed by atoms with Gasteiger partial charge in [0.1, 0.15) is 0 Å². The first-order valence-corrected chi connectivity index (χ1v) is 6.51. The summed E-state index contributed by atoms with van der Waals surface area (Å²) in [4.78, 5) is 1.35. The first-order valence-electron chi connectivity index (χ1n) is 5.64. The quantitative estimate of drug-likeness (QED) is 0.806. The van der Waals surface area contributed by atoms with Crippen LogP contribution in [0.4, 0.5) is 0 Å². The van der Waals surface area contributed by atoms with Crippen LogP contribution < -0.4 is 0 Å². The normalized spacial score (nSPS) is 20.2. The molecule has 1 aliphatic heterocycles. The highest BCUT2D eigenvalue weighted by Gasteiger charge is 2.50. The highest BCUT2D eigenvalue weighted by molar-refractivity contribution is 7.10. The zero-order chi connectivity index (χ0) is 11.8. The maximum atomic E-state index is 9.39. The van der Waals surface area contributed by atoms with Crippen LogP contribution in [0.1, 0.15) is 24.3 Å². The molecule has 2 nitrogen and oxygen atoms in total. The summed E-state index contributed by atoms with van der Waals surface area (Å²) < 4.78 is 5.41. The van der Waals surface area contributed by atoms with Crippen LogP contribution in [-0.2, 0) is 10.2 Å². The standard InChI is InChI=1S/C13H17NOS/c1-9(2)11(6-14)13(7-15-8-13)12-10(3)4-5-16-12/h4-5,9,11H,7-8H2,1-3H3. The van der Waals surface area contributed by atoms with E-state index in [9.17, 15) is 5.26 Å². The van der Waals surface area contributed by atoms with Crippen LogP contribution in [0.25, 0.3) is 0 Å². The van der Waals surface area contributed by atoms with E-state index in [0.717, 1.165) is 0 Å². The fourth-order valence-electron chi connectivity index (χ4n) is 2.57. The lowest BCUT2D eigenvalue weighted by Gasteiger charge is -2.46. The molecule has 1 aromatic heterocycles. The molecular formula is C13H17NOS. The van der Waals surface area contributed by atoms with Gasteiger partial charge in [0, 0.05) is 4.88 Å². The minimum absolute atomic E-state index is 0.0405. The van der Waals surface area contributed by atoms with Crippen molar-refractivity contribution >= 4 is 11.3 Å². The number of hydrogen-bond acceptors (Lipinski definition) is 3. The zero-order valence-electron chi connectivity index (χ0n) is 9.99. The molecule has 2 rings (SSSR count). The molecular weight excluding hydrogens is 218 g/mol. The fraction of sp³-hybridized carbons (Fsp3) is 0.615. The highest BCUT2D eigenvalue weighted by atomic mass is 32.1. The van der Waals surface area contributed by atoms with E-state index in [0.29, 0.717) is 19.1 Å². The first kappa shape index (κ1) is 11.6. The van der Waals surface area contributed by atoms with Crippen LogP contribution in [0, 0.1) is 30.1 Å². The highest BCUT2D eigenvalue weighted by Crippen LogP contribution is 2.45. The van der Waals surface area contributed by atoms with Gasteiger partial charge in [-0.25, -0.2) is 0 Å². The van der Waals surface area contributed by atoms with Gasteiger partial charge in [-0.1, -0.05) is 13.8 Å². The molecule has 0 amide bonds. The largest absolute Gasteiger partial charge is 0.379 e. The molecule has 1 aliphatic rings.